The van der Waals surface area contributed by atoms with Crippen LogP contribution in [0.5, 0.6) is 5.75 Å². The number of alkyl halides is 3. The van der Waals surface area contributed by atoms with E-state index in [1.807, 2.05) is 12.1 Å². The molecular formula is C22H21F3N2O3S. The molecule has 0 amide bonds. The van der Waals surface area contributed by atoms with Crippen LogP contribution >= 0.6 is 11.8 Å². The van der Waals surface area contributed by atoms with Crippen molar-refractivity contribution in [1.29, 1.82) is 0 Å². The van der Waals surface area contributed by atoms with E-state index in [4.69, 9.17) is 15.6 Å². The van der Waals surface area contributed by atoms with Crippen LogP contribution < -0.4 is 10.5 Å². The third-order valence-electron chi connectivity index (χ3n) is 4.55. The number of halogens is 3. The first-order chi connectivity index (χ1) is 14.6. The molecule has 3 rings (SSSR count). The Labute approximate surface area is 181 Å². The quantitative estimate of drug-likeness (QED) is 0.490. The number of nitrogens with two attached hydrogens (primary N) is 1. The van der Waals surface area contributed by atoms with Gasteiger partial charge in [-0.2, -0.15) is 13.2 Å². The zero-order valence-electron chi connectivity index (χ0n) is 16.6. The largest absolute Gasteiger partial charge is 0.488 e. The molecule has 0 saturated heterocycles. The number of nitrogens with zero attached hydrogens (tertiary/aromatic N) is 1. The van der Waals surface area contributed by atoms with Gasteiger partial charge in [0.2, 0.25) is 0 Å². The van der Waals surface area contributed by atoms with Crippen LogP contribution in [0.25, 0.3) is 10.9 Å². The van der Waals surface area contributed by atoms with Crippen molar-refractivity contribution in [3.8, 4) is 5.75 Å². The predicted molar refractivity (Wildman–Crippen MR) is 115 cm³/mol. The standard InChI is InChI=1S/C22H21F3N2O3S/c1-14(26)20(31-13-15-2-4-17(5-3-15)22(23,24)25)12-30-18-6-7-19-16(10-18)8-9-27(19)11-21(28)29/h2-10H,11-13,26H2,1H3,(H,28,29)/b20-14-. The molecule has 9 heteroatoms. The van der Waals surface area contributed by atoms with E-state index in [-0.39, 0.29) is 13.2 Å². The minimum absolute atomic E-state index is 0.121. The summed E-state index contributed by atoms with van der Waals surface area (Å²) in [6.07, 6.45) is -2.65. The maximum Gasteiger partial charge on any atom is 0.416 e. The molecule has 0 aliphatic carbocycles. The number of thioether (sulfide) groups is 1. The Morgan fingerprint density at radius 3 is 2.48 bits per heavy atom. The Morgan fingerprint density at radius 1 is 1.16 bits per heavy atom. The molecule has 5 nitrogen and oxygen atoms in total. The minimum Gasteiger partial charge on any atom is -0.488 e. The summed E-state index contributed by atoms with van der Waals surface area (Å²) in [5, 5.41) is 9.82. The van der Waals surface area contributed by atoms with E-state index in [1.54, 1.807) is 29.8 Å². The lowest BCUT2D eigenvalue weighted by Crippen LogP contribution is -2.07. The number of hydrogen-bond acceptors (Lipinski definition) is 4. The van der Waals surface area contributed by atoms with Gasteiger partial charge in [0.25, 0.3) is 0 Å². The van der Waals surface area contributed by atoms with Crippen LogP contribution in [-0.2, 0) is 23.3 Å². The van der Waals surface area contributed by atoms with Crippen LogP contribution in [-0.4, -0.2) is 22.2 Å². The van der Waals surface area contributed by atoms with Gasteiger partial charge in [0.05, 0.1) is 5.56 Å². The van der Waals surface area contributed by atoms with E-state index in [2.05, 4.69) is 0 Å². The Morgan fingerprint density at radius 2 is 1.87 bits per heavy atom. The van der Waals surface area contributed by atoms with E-state index < -0.39 is 17.7 Å². The van der Waals surface area contributed by atoms with E-state index in [0.29, 0.717) is 17.2 Å². The van der Waals surface area contributed by atoms with Gasteiger partial charge >= 0.3 is 12.1 Å². The third-order valence-corrected chi connectivity index (χ3v) is 5.82. The van der Waals surface area contributed by atoms with Gasteiger partial charge < -0.3 is 20.1 Å². The Kier molecular flexibility index (Phi) is 6.84. The van der Waals surface area contributed by atoms with Crippen LogP contribution in [0.4, 0.5) is 13.2 Å². The van der Waals surface area contributed by atoms with E-state index in [0.717, 1.165) is 33.5 Å². The number of aliphatic carboxylic acids is 1. The summed E-state index contributed by atoms with van der Waals surface area (Å²) >= 11 is 1.41. The average Bonchev–Trinajstić information content (AvgIpc) is 3.08. The fraction of sp³-hybridized carbons (Fsp3) is 0.227. The predicted octanol–water partition coefficient (Wildman–Crippen LogP) is 5.25. The van der Waals surface area contributed by atoms with E-state index >= 15 is 0 Å². The molecule has 164 valence electrons. The lowest BCUT2D eigenvalue weighted by atomic mass is 10.1. The summed E-state index contributed by atoms with van der Waals surface area (Å²) in [6, 6.07) is 12.2. The molecule has 0 fully saturated rings. The van der Waals surface area contributed by atoms with Crippen molar-refractivity contribution in [2.24, 2.45) is 5.73 Å². The van der Waals surface area contributed by atoms with Crippen molar-refractivity contribution < 1.29 is 27.8 Å². The normalized spacial score (nSPS) is 12.6. The van der Waals surface area contributed by atoms with E-state index in [1.165, 1.54) is 23.9 Å². The van der Waals surface area contributed by atoms with Crippen molar-refractivity contribution in [2.45, 2.75) is 25.4 Å². The highest BCUT2D eigenvalue weighted by Gasteiger charge is 2.29. The molecule has 3 aromatic rings. The zero-order valence-corrected chi connectivity index (χ0v) is 17.5. The lowest BCUT2D eigenvalue weighted by Gasteiger charge is -2.12. The molecule has 0 spiro atoms. The fourth-order valence-corrected chi connectivity index (χ4v) is 3.83. The average molecular weight is 450 g/mol. The molecule has 0 bridgehead atoms. The monoisotopic (exact) mass is 450 g/mol. The number of carbonyl (C=O) groups is 1. The number of hydrogen-bond donors (Lipinski definition) is 2. The van der Waals surface area contributed by atoms with Crippen LogP contribution in [0.1, 0.15) is 18.1 Å². The minimum atomic E-state index is -4.35. The van der Waals surface area contributed by atoms with Crippen molar-refractivity contribution in [3.63, 3.8) is 0 Å². The summed E-state index contributed by atoms with van der Waals surface area (Å²) in [4.78, 5) is 11.7. The van der Waals surface area contributed by atoms with Gasteiger partial charge in [-0.05, 0) is 48.9 Å². The Bertz CT molecular complexity index is 1100. The summed E-state index contributed by atoms with van der Waals surface area (Å²) in [5.74, 6) is 0.146. The number of aromatic nitrogens is 1. The van der Waals surface area contributed by atoms with Gasteiger partial charge in [-0.3, -0.25) is 4.79 Å². The molecule has 0 saturated carbocycles. The Hall–Kier alpha value is -3.07. The van der Waals surface area contributed by atoms with Crippen LogP contribution in [0.3, 0.4) is 0 Å². The highest BCUT2D eigenvalue weighted by atomic mass is 32.2. The molecule has 3 N–H and O–H groups in total. The van der Waals surface area contributed by atoms with Crippen LogP contribution in [0.2, 0.25) is 0 Å². The third kappa shape index (κ3) is 5.97. The van der Waals surface area contributed by atoms with Gasteiger partial charge in [0.1, 0.15) is 18.9 Å². The Balaban J connectivity index is 1.62. The number of carboxylic acid groups (broad SMARTS) is 1. The molecule has 1 aromatic heterocycles. The smallest absolute Gasteiger partial charge is 0.416 e. The van der Waals surface area contributed by atoms with Crippen LogP contribution in [0, 0.1) is 0 Å². The SMILES string of the molecule is C/C(N)=C(\COc1ccc2c(ccn2CC(=O)O)c1)SCc1ccc(C(F)(F)F)cc1. The molecule has 0 radical (unpaired) electrons. The zero-order chi connectivity index (χ0) is 22.6. The summed E-state index contributed by atoms with van der Waals surface area (Å²) < 4.78 is 45.5. The number of allylic oxidation sites excluding steroid dienone is 1. The number of carboxylic acids is 1. The van der Waals surface area contributed by atoms with Crippen molar-refractivity contribution in [3.05, 3.63) is 76.5 Å². The molecular weight excluding hydrogens is 429 g/mol. The van der Waals surface area contributed by atoms with Crippen molar-refractivity contribution >= 4 is 28.6 Å². The molecule has 0 unspecified atom stereocenters. The fourth-order valence-electron chi connectivity index (χ4n) is 2.93. The van der Waals surface area contributed by atoms with Crippen molar-refractivity contribution in [2.75, 3.05) is 6.61 Å². The first kappa shape index (κ1) is 22.6. The maximum atomic E-state index is 12.7. The highest BCUT2D eigenvalue weighted by molar-refractivity contribution is 8.02. The summed E-state index contributed by atoms with van der Waals surface area (Å²) in [5.41, 5.74) is 7.39. The molecule has 31 heavy (non-hydrogen) atoms. The first-order valence-corrected chi connectivity index (χ1v) is 10.3. The molecule has 1 heterocycles. The second kappa shape index (κ2) is 9.38. The van der Waals surface area contributed by atoms with Gasteiger partial charge in [0.15, 0.2) is 0 Å². The summed E-state index contributed by atoms with van der Waals surface area (Å²) in [6.45, 7) is 1.84. The number of ether oxygens (including phenoxy) is 1. The summed E-state index contributed by atoms with van der Waals surface area (Å²) in [7, 11) is 0. The number of fused-ring (bicyclic) bond motifs is 1. The molecule has 0 aliphatic rings. The first-order valence-electron chi connectivity index (χ1n) is 9.31. The maximum absolute atomic E-state index is 12.7. The van der Waals surface area contributed by atoms with Crippen molar-refractivity contribution in [1.82, 2.24) is 4.57 Å². The highest BCUT2D eigenvalue weighted by Crippen LogP contribution is 2.31. The molecule has 0 atom stereocenters. The van der Waals surface area contributed by atoms with Crippen LogP contribution in [0.15, 0.2) is 65.3 Å². The van der Waals surface area contributed by atoms with E-state index in [9.17, 15) is 18.0 Å². The number of rotatable bonds is 8. The topological polar surface area (TPSA) is 77.5 Å². The second-order valence-corrected chi connectivity index (χ2v) is 8.01. The van der Waals surface area contributed by atoms with Gasteiger partial charge in [0, 0.05) is 33.5 Å². The lowest BCUT2D eigenvalue weighted by molar-refractivity contribution is -0.138. The number of benzene rings is 2. The molecule has 0 aliphatic heterocycles. The second-order valence-electron chi connectivity index (χ2n) is 6.94. The van der Waals surface area contributed by atoms with Gasteiger partial charge in [-0.1, -0.05) is 12.1 Å². The van der Waals surface area contributed by atoms with Gasteiger partial charge in [-0.15, -0.1) is 11.8 Å². The van der Waals surface area contributed by atoms with Gasteiger partial charge in [-0.25, -0.2) is 0 Å². The molecule has 2 aromatic carbocycles.